The van der Waals surface area contributed by atoms with E-state index in [0.717, 1.165) is 90.0 Å². The van der Waals surface area contributed by atoms with Gasteiger partial charge in [0.15, 0.2) is 0 Å². The third-order valence-corrected chi connectivity index (χ3v) is 9.94. The summed E-state index contributed by atoms with van der Waals surface area (Å²) in [5, 5.41) is 7.95. The van der Waals surface area contributed by atoms with Gasteiger partial charge in [-0.15, -0.1) is 0 Å². The van der Waals surface area contributed by atoms with Crippen LogP contribution in [0.5, 0.6) is 0 Å². The lowest BCUT2D eigenvalue weighted by Crippen LogP contribution is -1.99. The lowest BCUT2D eigenvalue weighted by molar-refractivity contribution is 0.476. The Morgan fingerprint density at radius 3 is 1.72 bits per heavy atom. The molecule has 314 valence electrons. The molecule has 0 saturated carbocycles. The summed E-state index contributed by atoms with van der Waals surface area (Å²) in [5.41, 5.74) is 9.07. The zero-order chi connectivity index (χ0) is 44.0. The largest absolute Gasteiger partial charge is 0.265 e. The van der Waals surface area contributed by atoms with E-state index in [0.29, 0.717) is 17.8 Å². The number of unbranched alkanes of at least 4 members (excludes halogenated alkanes) is 2. The molecular formula is C56H48FN7. The Bertz CT molecular complexity index is 3110. The Kier molecular flexibility index (Phi) is 16.4. The van der Waals surface area contributed by atoms with Crippen LogP contribution in [0.3, 0.4) is 0 Å². The summed E-state index contributed by atoms with van der Waals surface area (Å²) in [5.74, 6) is 18.6. The minimum absolute atomic E-state index is 0.419. The van der Waals surface area contributed by atoms with Gasteiger partial charge < -0.3 is 0 Å². The quantitative estimate of drug-likeness (QED) is 0.106. The van der Waals surface area contributed by atoms with Gasteiger partial charge in [0.25, 0.3) is 0 Å². The molecule has 9 aromatic rings. The highest BCUT2D eigenvalue weighted by Gasteiger charge is 2.02. The number of hydrogen-bond acceptors (Lipinski definition) is 6. The van der Waals surface area contributed by atoms with Crippen LogP contribution in [0, 0.1) is 42.4 Å². The number of hydrogen-bond donors (Lipinski definition) is 0. The Hall–Kier alpha value is -7.99. The number of para-hydroxylation sites is 3. The Labute approximate surface area is 374 Å². The molecule has 6 aromatic heterocycles. The summed E-state index contributed by atoms with van der Waals surface area (Å²) in [6.07, 6.45) is 9.91. The molecule has 0 spiro atoms. The molecule has 7 nitrogen and oxygen atoms in total. The summed E-state index contributed by atoms with van der Waals surface area (Å²) in [6, 6.07) is 49.8. The summed E-state index contributed by atoms with van der Waals surface area (Å²) in [7, 11) is 0. The van der Waals surface area contributed by atoms with Crippen molar-refractivity contribution in [2.24, 2.45) is 0 Å². The van der Waals surface area contributed by atoms with Gasteiger partial charge in [-0.05, 0) is 104 Å². The van der Waals surface area contributed by atoms with Gasteiger partial charge in [0.1, 0.15) is 23.8 Å². The number of benzene rings is 3. The monoisotopic (exact) mass is 837 g/mol. The highest BCUT2D eigenvalue weighted by molar-refractivity contribution is 5.79. The van der Waals surface area contributed by atoms with E-state index in [1.165, 1.54) is 16.3 Å². The fourth-order valence-electron chi connectivity index (χ4n) is 6.69. The molecule has 0 saturated heterocycles. The minimum atomic E-state index is -0.559. The number of aryl methyl sites for hydroxylation is 4. The first-order valence-electron chi connectivity index (χ1n) is 21.5. The molecule has 0 radical (unpaired) electrons. The normalized spacial score (nSPS) is 10.2. The number of rotatable bonds is 9. The zero-order valence-electron chi connectivity index (χ0n) is 36.0. The number of alkyl halides is 1. The second kappa shape index (κ2) is 23.9. The van der Waals surface area contributed by atoms with Crippen LogP contribution < -0.4 is 0 Å². The topological polar surface area (TPSA) is 82.3 Å². The molecule has 0 amide bonds. The second-order valence-electron chi connectivity index (χ2n) is 14.8. The standard InChI is InChI=1S/C19H15FN2.C19H16N2.C18H17N3/c20-14-18-10-5-9-16(21-18)7-2-3-8-17-13-12-15-6-1-4-11-19(15)22-17;1-15-7-6-11-17(20-15)9-3-4-10-18-14-13-16-8-2-5-12-19(16)21-18;1(3-10-17-11-6-7-13-19-17)2-8-14-21-18-12-5-4-9-16(18)15-20-21/h1,4-6,9-13H,3,8,14H2;2,5-8,11-14H,4,10H2,1H3;4-7,9,11-13,15H,1-2,8,14H2. The zero-order valence-corrected chi connectivity index (χ0v) is 36.0. The molecule has 0 aliphatic heterocycles. The average Bonchev–Trinajstić information content (AvgIpc) is 3.76. The highest BCUT2D eigenvalue weighted by atomic mass is 19.1. The second-order valence-corrected chi connectivity index (χ2v) is 14.8. The maximum Gasteiger partial charge on any atom is 0.131 e. The van der Waals surface area contributed by atoms with Gasteiger partial charge in [-0.3, -0.25) is 14.6 Å². The van der Waals surface area contributed by atoms with E-state index in [4.69, 9.17) is 0 Å². The fourth-order valence-corrected chi connectivity index (χ4v) is 6.69. The maximum atomic E-state index is 12.5. The van der Waals surface area contributed by atoms with Crippen molar-refractivity contribution in [3.05, 3.63) is 204 Å². The molecule has 0 aliphatic rings. The van der Waals surface area contributed by atoms with Crippen molar-refractivity contribution >= 4 is 32.7 Å². The van der Waals surface area contributed by atoms with E-state index in [-0.39, 0.29) is 0 Å². The number of aromatic nitrogens is 7. The molecule has 0 atom stereocenters. The fraction of sp³-hybridized carbons (Fsp3) is 0.179. The third-order valence-electron chi connectivity index (χ3n) is 9.94. The van der Waals surface area contributed by atoms with E-state index in [1.54, 1.807) is 24.4 Å². The van der Waals surface area contributed by atoms with Crippen LogP contribution >= 0.6 is 0 Å². The van der Waals surface area contributed by atoms with Gasteiger partial charge >= 0.3 is 0 Å². The first-order valence-corrected chi connectivity index (χ1v) is 21.5. The van der Waals surface area contributed by atoms with Gasteiger partial charge in [0.05, 0.1) is 28.4 Å². The molecule has 0 N–H and O–H groups in total. The summed E-state index contributed by atoms with van der Waals surface area (Å²) in [4.78, 5) is 21.9. The predicted octanol–water partition coefficient (Wildman–Crippen LogP) is 11.7. The molecule has 8 heteroatoms. The van der Waals surface area contributed by atoms with Gasteiger partial charge in [0, 0.05) is 78.1 Å². The van der Waals surface area contributed by atoms with Crippen molar-refractivity contribution in [3.63, 3.8) is 0 Å². The van der Waals surface area contributed by atoms with Gasteiger partial charge in [-0.1, -0.05) is 103 Å². The van der Waals surface area contributed by atoms with Gasteiger partial charge in [-0.25, -0.2) is 19.3 Å². The van der Waals surface area contributed by atoms with Crippen LogP contribution in [0.1, 0.15) is 72.0 Å². The molecule has 0 unspecified atom stereocenters. The van der Waals surface area contributed by atoms with Crippen molar-refractivity contribution in [3.8, 4) is 35.5 Å². The van der Waals surface area contributed by atoms with Crippen LogP contribution in [-0.4, -0.2) is 34.7 Å². The summed E-state index contributed by atoms with van der Waals surface area (Å²) >= 11 is 0. The van der Waals surface area contributed by atoms with Gasteiger partial charge in [0.2, 0.25) is 0 Å². The highest BCUT2D eigenvalue weighted by Crippen LogP contribution is 2.15. The van der Waals surface area contributed by atoms with Crippen LogP contribution in [0.4, 0.5) is 4.39 Å². The molecule has 3 aromatic carbocycles. The average molecular weight is 838 g/mol. The SMILES string of the molecule is C(#Cc1ccccn1)CCCCn1ncc2ccccc21.Cc1cccc(C#CCCc2ccc3ccccc3n2)n1.FCc1cccc(C#CCCc2ccc3ccccc3n2)n1. The molecule has 9 rings (SSSR count). The van der Waals surface area contributed by atoms with Crippen molar-refractivity contribution in [2.45, 2.75) is 65.1 Å². The summed E-state index contributed by atoms with van der Waals surface area (Å²) < 4.78 is 14.6. The van der Waals surface area contributed by atoms with E-state index in [2.05, 4.69) is 119 Å². The minimum Gasteiger partial charge on any atom is -0.265 e. The lowest BCUT2D eigenvalue weighted by Gasteiger charge is -2.01. The number of nitrogens with zero attached hydrogens (tertiary/aromatic N) is 7. The van der Waals surface area contributed by atoms with Crippen molar-refractivity contribution in [2.75, 3.05) is 0 Å². The van der Waals surface area contributed by atoms with E-state index < -0.39 is 6.67 Å². The number of halogens is 1. The maximum absolute atomic E-state index is 12.5. The van der Waals surface area contributed by atoms with Crippen molar-refractivity contribution < 1.29 is 4.39 Å². The molecule has 0 bridgehead atoms. The first kappa shape index (κ1) is 44.1. The predicted molar refractivity (Wildman–Crippen MR) is 257 cm³/mol. The molecule has 64 heavy (non-hydrogen) atoms. The lowest BCUT2D eigenvalue weighted by atomic mass is 10.1. The van der Waals surface area contributed by atoms with Crippen molar-refractivity contribution in [1.82, 2.24) is 34.7 Å². The van der Waals surface area contributed by atoms with Crippen LogP contribution in [0.15, 0.2) is 164 Å². The number of fused-ring (bicyclic) bond motifs is 3. The van der Waals surface area contributed by atoms with Gasteiger partial charge in [-0.2, -0.15) is 5.10 Å². The Morgan fingerprint density at radius 2 is 1.06 bits per heavy atom. The van der Waals surface area contributed by atoms with Crippen LogP contribution in [-0.2, 0) is 26.1 Å². The smallest absolute Gasteiger partial charge is 0.131 e. The van der Waals surface area contributed by atoms with E-state index in [1.807, 2.05) is 98.0 Å². The Morgan fingerprint density at radius 1 is 0.484 bits per heavy atom. The van der Waals surface area contributed by atoms with E-state index in [9.17, 15) is 4.39 Å². The molecular weight excluding hydrogens is 790 g/mol. The summed E-state index contributed by atoms with van der Waals surface area (Å²) in [6.45, 7) is 2.36. The molecule has 0 aliphatic carbocycles. The number of pyridine rings is 5. The van der Waals surface area contributed by atoms with E-state index >= 15 is 0 Å². The van der Waals surface area contributed by atoms with Crippen molar-refractivity contribution in [1.29, 1.82) is 0 Å². The first-order chi connectivity index (χ1) is 31.6. The molecule has 6 heterocycles. The van der Waals surface area contributed by atoms with Crippen LogP contribution in [0.25, 0.3) is 32.7 Å². The Balaban J connectivity index is 0.000000144. The molecule has 0 fully saturated rings. The third kappa shape index (κ3) is 13.8. The van der Waals surface area contributed by atoms with Crippen LogP contribution in [0.2, 0.25) is 0 Å².